The Hall–Kier alpha value is -1.34. The van der Waals surface area contributed by atoms with E-state index >= 15 is 0 Å². The average Bonchev–Trinajstić information content (AvgIpc) is 2.99. The summed E-state index contributed by atoms with van der Waals surface area (Å²) in [5, 5.41) is 5.65. The fraction of sp³-hybridized carbons (Fsp3) is 0.538. The molecule has 0 aliphatic carbocycles. The number of halogens is 4. The van der Waals surface area contributed by atoms with Crippen LogP contribution >= 0.6 is 11.6 Å². The molecule has 2 N–H and O–H groups in total. The number of carbonyl (C=O) groups excluding carboxylic acids is 1. The molecule has 3 rings (SSSR count). The molecular weight excluding hydrogens is 307 g/mol. The number of aromatic nitrogens is 1. The van der Waals surface area contributed by atoms with Crippen molar-refractivity contribution in [2.24, 2.45) is 0 Å². The topological polar surface area (TPSA) is 54.0 Å². The number of amides is 1. The standard InChI is InChI=1S/C13H13ClF3N3O/c14-8-4-11(18-5-7(8)13(15,16)17)12(21)20-10-3-6-1-2-9(10)19-6/h4-6,9-10,19H,1-3H2,(H,20,21). The van der Waals surface area contributed by atoms with Gasteiger partial charge in [0, 0.05) is 24.3 Å². The lowest BCUT2D eigenvalue weighted by Gasteiger charge is -2.21. The van der Waals surface area contributed by atoms with E-state index in [2.05, 4.69) is 15.6 Å². The van der Waals surface area contributed by atoms with Crippen molar-refractivity contribution in [1.82, 2.24) is 15.6 Å². The van der Waals surface area contributed by atoms with Crippen molar-refractivity contribution in [3.63, 3.8) is 0 Å². The van der Waals surface area contributed by atoms with E-state index in [0.717, 1.165) is 25.3 Å². The van der Waals surface area contributed by atoms with Crippen LogP contribution in [0.3, 0.4) is 0 Å². The molecule has 3 atom stereocenters. The molecule has 0 saturated carbocycles. The molecule has 4 nitrogen and oxygen atoms in total. The van der Waals surface area contributed by atoms with E-state index < -0.39 is 22.7 Å². The molecule has 2 fully saturated rings. The van der Waals surface area contributed by atoms with Crippen LogP contribution in [0, 0.1) is 0 Å². The highest BCUT2D eigenvalue weighted by molar-refractivity contribution is 6.31. The molecule has 3 unspecified atom stereocenters. The zero-order valence-corrected chi connectivity index (χ0v) is 11.6. The number of nitrogens with one attached hydrogen (secondary N) is 2. The number of alkyl halides is 3. The number of nitrogens with zero attached hydrogens (tertiary/aromatic N) is 1. The molecule has 0 spiro atoms. The second kappa shape index (κ2) is 5.14. The van der Waals surface area contributed by atoms with Gasteiger partial charge in [-0.25, -0.2) is 0 Å². The first-order chi connectivity index (χ1) is 9.84. The summed E-state index contributed by atoms with van der Waals surface area (Å²) in [4.78, 5) is 15.6. The number of fused-ring (bicyclic) bond motifs is 2. The first kappa shape index (κ1) is 14.6. The van der Waals surface area contributed by atoms with Crippen molar-refractivity contribution in [2.45, 2.75) is 43.6 Å². The van der Waals surface area contributed by atoms with Gasteiger partial charge in [0.1, 0.15) is 5.69 Å². The summed E-state index contributed by atoms with van der Waals surface area (Å²) in [6.07, 6.45) is -1.05. The summed E-state index contributed by atoms with van der Waals surface area (Å²) in [6, 6.07) is 1.62. The van der Waals surface area contributed by atoms with E-state index in [-0.39, 0.29) is 17.8 Å². The van der Waals surface area contributed by atoms with Gasteiger partial charge in [0.05, 0.1) is 10.6 Å². The van der Waals surface area contributed by atoms with Gasteiger partial charge in [0.2, 0.25) is 0 Å². The Bertz CT molecular complexity index is 578. The Morgan fingerprint density at radius 1 is 1.43 bits per heavy atom. The smallest absolute Gasteiger partial charge is 0.346 e. The molecule has 1 aromatic rings. The molecule has 1 aromatic heterocycles. The van der Waals surface area contributed by atoms with E-state index in [1.54, 1.807) is 0 Å². The minimum atomic E-state index is -4.58. The quantitative estimate of drug-likeness (QED) is 0.880. The van der Waals surface area contributed by atoms with Crippen LogP contribution in [0.1, 0.15) is 35.3 Å². The average molecular weight is 320 g/mol. The predicted molar refractivity (Wildman–Crippen MR) is 70.1 cm³/mol. The van der Waals surface area contributed by atoms with Gasteiger partial charge in [0.25, 0.3) is 5.91 Å². The number of hydrogen-bond acceptors (Lipinski definition) is 3. The molecule has 0 aromatic carbocycles. The molecule has 8 heteroatoms. The Balaban J connectivity index is 1.72. The summed E-state index contributed by atoms with van der Waals surface area (Å²) in [5.41, 5.74) is -1.14. The Morgan fingerprint density at radius 3 is 2.71 bits per heavy atom. The zero-order chi connectivity index (χ0) is 15.2. The molecule has 2 bridgehead atoms. The largest absolute Gasteiger partial charge is 0.419 e. The monoisotopic (exact) mass is 319 g/mol. The maximum atomic E-state index is 12.6. The van der Waals surface area contributed by atoms with Gasteiger partial charge in [-0.2, -0.15) is 13.2 Å². The third-order valence-electron chi connectivity index (χ3n) is 4.01. The van der Waals surface area contributed by atoms with Crippen LogP contribution in [0.4, 0.5) is 13.2 Å². The van der Waals surface area contributed by atoms with E-state index in [1.807, 2.05) is 0 Å². The highest BCUT2D eigenvalue weighted by Crippen LogP contribution is 2.34. The minimum Gasteiger partial charge on any atom is -0.346 e. The molecule has 21 heavy (non-hydrogen) atoms. The van der Waals surface area contributed by atoms with E-state index in [4.69, 9.17) is 11.6 Å². The van der Waals surface area contributed by atoms with Crippen molar-refractivity contribution in [2.75, 3.05) is 0 Å². The third-order valence-corrected chi connectivity index (χ3v) is 4.32. The summed E-state index contributed by atoms with van der Waals surface area (Å²) in [7, 11) is 0. The number of rotatable bonds is 2. The molecule has 2 aliphatic rings. The van der Waals surface area contributed by atoms with E-state index in [1.165, 1.54) is 0 Å². The van der Waals surface area contributed by atoms with Gasteiger partial charge in [-0.05, 0) is 25.3 Å². The number of pyridine rings is 1. The summed E-state index contributed by atoms with van der Waals surface area (Å²) in [6.45, 7) is 0. The fourth-order valence-electron chi connectivity index (χ4n) is 2.99. The van der Waals surface area contributed by atoms with Crippen molar-refractivity contribution >= 4 is 17.5 Å². The lowest BCUT2D eigenvalue weighted by molar-refractivity contribution is -0.137. The lowest BCUT2D eigenvalue weighted by Crippen LogP contribution is -2.43. The van der Waals surface area contributed by atoms with Crippen LogP contribution < -0.4 is 10.6 Å². The highest BCUT2D eigenvalue weighted by atomic mass is 35.5. The molecule has 3 heterocycles. The second-order valence-corrected chi connectivity index (χ2v) is 5.82. The maximum absolute atomic E-state index is 12.6. The molecule has 114 valence electrons. The Kier molecular flexibility index (Phi) is 3.57. The summed E-state index contributed by atoms with van der Waals surface area (Å²) in [5.74, 6) is -0.495. The van der Waals surface area contributed by atoms with Crippen LogP contribution in [0.2, 0.25) is 5.02 Å². The molecule has 2 aliphatic heterocycles. The van der Waals surface area contributed by atoms with Crippen LogP contribution in [-0.4, -0.2) is 29.0 Å². The van der Waals surface area contributed by atoms with Gasteiger partial charge in [0.15, 0.2) is 0 Å². The summed E-state index contributed by atoms with van der Waals surface area (Å²) >= 11 is 5.59. The van der Waals surface area contributed by atoms with Crippen LogP contribution in [-0.2, 0) is 6.18 Å². The normalized spacial score (nSPS) is 27.9. The molecule has 2 saturated heterocycles. The van der Waals surface area contributed by atoms with Crippen LogP contribution in [0.5, 0.6) is 0 Å². The van der Waals surface area contributed by atoms with E-state index in [0.29, 0.717) is 12.2 Å². The minimum absolute atomic E-state index is 0.000817. The Labute approximate surface area is 124 Å². The lowest BCUT2D eigenvalue weighted by atomic mass is 9.95. The molecule has 1 amide bonds. The maximum Gasteiger partial charge on any atom is 0.419 e. The van der Waals surface area contributed by atoms with Crippen molar-refractivity contribution < 1.29 is 18.0 Å². The zero-order valence-electron chi connectivity index (χ0n) is 10.9. The van der Waals surface area contributed by atoms with Crippen molar-refractivity contribution in [3.05, 3.63) is 28.5 Å². The molecule has 0 radical (unpaired) electrons. The highest BCUT2D eigenvalue weighted by Gasteiger charge is 2.40. The fourth-order valence-corrected chi connectivity index (χ4v) is 3.25. The Morgan fingerprint density at radius 2 is 2.19 bits per heavy atom. The summed E-state index contributed by atoms with van der Waals surface area (Å²) < 4.78 is 37.7. The van der Waals surface area contributed by atoms with Gasteiger partial charge in [-0.15, -0.1) is 0 Å². The molecular formula is C13H13ClF3N3O. The number of hydrogen-bond donors (Lipinski definition) is 2. The third kappa shape index (κ3) is 2.85. The first-order valence-electron chi connectivity index (χ1n) is 6.64. The van der Waals surface area contributed by atoms with Gasteiger partial charge >= 0.3 is 6.18 Å². The van der Waals surface area contributed by atoms with Gasteiger partial charge in [-0.1, -0.05) is 11.6 Å². The number of carbonyl (C=O) groups is 1. The van der Waals surface area contributed by atoms with E-state index in [9.17, 15) is 18.0 Å². The van der Waals surface area contributed by atoms with Gasteiger partial charge < -0.3 is 10.6 Å². The predicted octanol–water partition coefficient (Wildman–Crippen LogP) is 2.38. The van der Waals surface area contributed by atoms with Crippen LogP contribution in [0.25, 0.3) is 0 Å². The second-order valence-electron chi connectivity index (χ2n) is 5.41. The van der Waals surface area contributed by atoms with Crippen molar-refractivity contribution in [1.29, 1.82) is 0 Å². The van der Waals surface area contributed by atoms with Crippen molar-refractivity contribution in [3.8, 4) is 0 Å². The SMILES string of the molecule is O=C(NC1CC2CCC1N2)c1cc(Cl)c(C(F)(F)F)cn1. The van der Waals surface area contributed by atoms with Gasteiger partial charge in [-0.3, -0.25) is 9.78 Å². The first-order valence-corrected chi connectivity index (χ1v) is 7.02. The van der Waals surface area contributed by atoms with Crippen LogP contribution in [0.15, 0.2) is 12.3 Å².